The van der Waals surface area contributed by atoms with Crippen molar-refractivity contribution in [2.45, 2.75) is 51.1 Å². The predicted octanol–water partition coefficient (Wildman–Crippen LogP) is 5.27. The molecular formula is C33H38ClFN6O2. The van der Waals surface area contributed by atoms with Gasteiger partial charge in [-0.1, -0.05) is 17.7 Å². The standard InChI is InChI=1S/C33H38ClFN6O2/c1-39(2)32-36-19-22(20-37-32)21-40-13-9-33(10-14-40)11-15-41(16-12-33)31(43)24-4-3-23-5-8-29(26(23)17-24)38-30(42)27-18-25(34)6-7-28(27)35/h3-4,6-7,17-20,29H,5,8-16,21H2,1-2H3,(H,38,42). The first-order valence-corrected chi connectivity index (χ1v) is 15.5. The first kappa shape index (κ1) is 29.5. The van der Waals surface area contributed by atoms with Crippen LogP contribution in [-0.4, -0.2) is 71.9 Å². The number of carbonyl (C=O) groups is 2. The lowest BCUT2D eigenvalue weighted by Crippen LogP contribution is -2.48. The number of anilines is 1. The summed E-state index contributed by atoms with van der Waals surface area (Å²) in [7, 11) is 3.88. The molecule has 3 aliphatic rings. The molecule has 2 fully saturated rings. The molecule has 43 heavy (non-hydrogen) atoms. The predicted molar refractivity (Wildman–Crippen MR) is 165 cm³/mol. The Hall–Kier alpha value is -3.56. The van der Waals surface area contributed by atoms with Gasteiger partial charge in [-0.2, -0.15) is 0 Å². The number of piperidine rings is 2. The van der Waals surface area contributed by atoms with Crippen LogP contribution in [0.25, 0.3) is 0 Å². The van der Waals surface area contributed by atoms with Gasteiger partial charge in [-0.15, -0.1) is 0 Å². The number of aryl methyl sites for hydroxylation is 1. The third-order valence-electron chi connectivity index (χ3n) is 9.47. The fraction of sp³-hybridized carbons (Fsp3) is 0.455. The van der Waals surface area contributed by atoms with Gasteiger partial charge in [0, 0.05) is 62.3 Å². The van der Waals surface area contributed by atoms with E-state index in [9.17, 15) is 14.0 Å². The SMILES string of the molecule is CN(C)c1ncc(CN2CCC3(CC2)CCN(C(=O)c2ccc4c(c2)C(NC(=O)c2cc(Cl)ccc2F)CC4)CC3)cn1. The van der Waals surface area contributed by atoms with Crippen molar-refractivity contribution in [3.63, 3.8) is 0 Å². The minimum atomic E-state index is -0.609. The Balaban J connectivity index is 1.03. The zero-order valence-electron chi connectivity index (χ0n) is 24.8. The largest absolute Gasteiger partial charge is 0.347 e. The molecule has 2 aromatic carbocycles. The van der Waals surface area contributed by atoms with Crippen molar-refractivity contribution in [2.75, 3.05) is 45.2 Å². The van der Waals surface area contributed by atoms with Gasteiger partial charge in [-0.3, -0.25) is 14.5 Å². The van der Waals surface area contributed by atoms with Gasteiger partial charge in [-0.25, -0.2) is 14.4 Å². The summed E-state index contributed by atoms with van der Waals surface area (Å²) in [5, 5.41) is 3.26. The van der Waals surface area contributed by atoms with Gasteiger partial charge in [0.25, 0.3) is 11.8 Å². The molecule has 1 atom stereocenters. The lowest BCUT2D eigenvalue weighted by molar-refractivity contribution is 0.0284. The highest BCUT2D eigenvalue weighted by molar-refractivity contribution is 6.31. The fourth-order valence-electron chi connectivity index (χ4n) is 6.76. The molecule has 2 saturated heterocycles. The maximum Gasteiger partial charge on any atom is 0.254 e. The van der Waals surface area contributed by atoms with Crippen LogP contribution in [0.5, 0.6) is 0 Å². The molecule has 8 nitrogen and oxygen atoms in total. The number of fused-ring (bicyclic) bond motifs is 1. The quantitative estimate of drug-likeness (QED) is 0.413. The smallest absolute Gasteiger partial charge is 0.254 e. The van der Waals surface area contributed by atoms with E-state index >= 15 is 0 Å². The number of aromatic nitrogens is 2. The van der Waals surface area contributed by atoms with Crippen LogP contribution in [0, 0.1) is 11.2 Å². The van der Waals surface area contributed by atoms with Crippen LogP contribution in [0.15, 0.2) is 48.8 Å². The maximum atomic E-state index is 14.3. The van der Waals surface area contributed by atoms with Gasteiger partial charge in [-0.05, 0) is 98.5 Å². The number of hydrogen-bond donors (Lipinski definition) is 1. The second-order valence-corrected chi connectivity index (χ2v) is 12.9. The molecule has 1 spiro atoms. The van der Waals surface area contributed by atoms with E-state index in [1.54, 1.807) is 0 Å². The molecule has 0 bridgehead atoms. The van der Waals surface area contributed by atoms with Crippen molar-refractivity contribution in [3.8, 4) is 0 Å². The number of rotatable bonds is 6. The highest BCUT2D eigenvalue weighted by Crippen LogP contribution is 2.42. The molecule has 3 heterocycles. The molecule has 226 valence electrons. The first-order chi connectivity index (χ1) is 20.7. The Morgan fingerprint density at radius 2 is 1.72 bits per heavy atom. The lowest BCUT2D eigenvalue weighted by atomic mass is 9.71. The highest BCUT2D eigenvalue weighted by Gasteiger charge is 2.39. The maximum absolute atomic E-state index is 14.3. The number of halogens is 2. The average Bonchev–Trinajstić information content (AvgIpc) is 3.41. The molecule has 0 radical (unpaired) electrons. The van der Waals surface area contributed by atoms with E-state index < -0.39 is 11.7 Å². The van der Waals surface area contributed by atoms with Crippen molar-refractivity contribution in [2.24, 2.45) is 5.41 Å². The third-order valence-corrected chi connectivity index (χ3v) is 9.71. The Morgan fingerprint density at radius 1 is 1.02 bits per heavy atom. The molecule has 1 aromatic heterocycles. The Kier molecular flexibility index (Phi) is 8.38. The van der Waals surface area contributed by atoms with Gasteiger partial charge < -0.3 is 15.1 Å². The highest BCUT2D eigenvalue weighted by atomic mass is 35.5. The Morgan fingerprint density at radius 3 is 2.42 bits per heavy atom. The average molecular weight is 605 g/mol. The second kappa shape index (κ2) is 12.2. The summed E-state index contributed by atoms with van der Waals surface area (Å²) in [6.45, 7) is 4.46. The van der Waals surface area contributed by atoms with Gasteiger partial charge in [0.1, 0.15) is 5.82 Å². The van der Waals surface area contributed by atoms with E-state index in [0.717, 1.165) is 87.5 Å². The summed E-state index contributed by atoms with van der Waals surface area (Å²) in [6, 6.07) is 9.50. The van der Waals surface area contributed by atoms with E-state index in [-0.39, 0.29) is 17.5 Å². The van der Waals surface area contributed by atoms with Gasteiger partial charge >= 0.3 is 0 Å². The molecule has 0 saturated carbocycles. The van der Waals surface area contributed by atoms with E-state index in [1.165, 1.54) is 18.2 Å². The summed E-state index contributed by atoms with van der Waals surface area (Å²) in [4.78, 5) is 41.7. The first-order valence-electron chi connectivity index (χ1n) is 15.1. The van der Waals surface area contributed by atoms with E-state index in [4.69, 9.17) is 11.6 Å². The van der Waals surface area contributed by atoms with Crippen LogP contribution in [0.1, 0.15) is 75.6 Å². The molecule has 10 heteroatoms. The lowest BCUT2D eigenvalue weighted by Gasteiger charge is -2.47. The molecule has 6 rings (SSSR count). The van der Waals surface area contributed by atoms with E-state index in [2.05, 4.69) is 20.2 Å². The van der Waals surface area contributed by atoms with Crippen molar-refractivity contribution in [1.82, 2.24) is 25.1 Å². The molecule has 3 aromatic rings. The van der Waals surface area contributed by atoms with Crippen molar-refractivity contribution in [1.29, 1.82) is 0 Å². The van der Waals surface area contributed by atoms with Gasteiger partial charge in [0.2, 0.25) is 5.95 Å². The molecule has 2 aliphatic heterocycles. The number of nitrogens with one attached hydrogen (secondary N) is 1. The van der Waals surface area contributed by atoms with Crippen LogP contribution in [0.4, 0.5) is 10.3 Å². The zero-order valence-corrected chi connectivity index (χ0v) is 25.5. The number of amides is 2. The number of carbonyl (C=O) groups excluding carboxylic acids is 2. The fourth-order valence-corrected chi connectivity index (χ4v) is 6.94. The van der Waals surface area contributed by atoms with Gasteiger partial charge in [0.05, 0.1) is 11.6 Å². The number of nitrogens with zero attached hydrogens (tertiary/aromatic N) is 5. The van der Waals surface area contributed by atoms with Crippen molar-refractivity contribution < 1.29 is 14.0 Å². The van der Waals surface area contributed by atoms with Crippen LogP contribution in [0.2, 0.25) is 5.02 Å². The molecule has 1 N–H and O–H groups in total. The molecular weight excluding hydrogens is 567 g/mol. The summed E-state index contributed by atoms with van der Waals surface area (Å²) in [6.07, 6.45) is 9.65. The monoisotopic (exact) mass is 604 g/mol. The second-order valence-electron chi connectivity index (χ2n) is 12.5. The zero-order chi connectivity index (χ0) is 30.1. The van der Waals surface area contributed by atoms with E-state index in [1.807, 2.05) is 54.5 Å². The molecule has 1 aliphatic carbocycles. The normalized spacial score (nSPS) is 19.7. The summed E-state index contributed by atoms with van der Waals surface area (Å²) >= 11 is 5.99. The Bertz CT molecular complexity index is 1500. The topological polar surface area (TPSA) is 81.7 Å². The van der Waals surface area contributed by atoms with Crippen LogP contribution in [0.3, 0.4) is 0 Å². The van der Waals surface area contributed by atoms with Crippen LogP contribution in [-0.2, 0) is 13.0 Å². The van der Waals surface area contributed by atoms with Crippen LogP contribution >= 0.6 is 11.6 Å². The number of likely N-dealkylation sites (tertiary alicyclic amines) is 2. The number of hydrogen-bond acceptors (Lipinski definition) is 6. The van der Waals surface area contributed by atoms with Crippen molar-refractivity contribution in [3.05, 3.63) is 87.4 Å². The van der Waals surface area contributed by atoms with Crippen molar-refractivity contribution >= 4 is 29.4 Å². The van der Waals surface area contributed by atoms with Gasteiger partial charge in [0.15, 0.2) is 0 Å². The Labute approximate surface area is 257 Å². The third kappa shape index (κ3) is 6.38. The molecule has 1 unspecified atom stereocenters. The number of benzene rings is 2. The summed E-state index contributed by atoms with van der Waals surface area (Å²) < 4.78 is 14.3. The summed E-state index contributed by atoms with van der Waals surface area (Å²) in [5.41, 5.74) is 4.04. The van der Waals surface area contributed by atoms with Crippen LogP contribution < -0.4 is 10.2 Å². The van der Waals surface area contributed by atoms with E-state index in [0.29, 0.717) is 22.4 Å². The minimum absolute atomic E-state index is 0.0362. The molecule has 2 amide bonds. The summed E-state index contributed by atoms with van der Waals surface area (Å²) in [5.74, 6) is -0.353. The minimum Gasteiger partial charge on any atom is -0.347 e.